The van der Waals surface area contributed by atoms with Crippen molar-refractivity contribution in [2.24, 2.45) is 0 Å². The van der Waals surface area contributed by atoms with Gasteiger partial charge in [-0.05, 0) is 23.8 Å². The van der Waals surface area contributed by atoms with Crippen molar-refractivity contribution in [3.8, 4) is 0 Å². The molecule has 98 valence electrons. The second-order valence-corrected chi connectivity index (χ2v) is 5.31. The van der Waals surface area contributed by atoms with E-state index in [1.165, 1.54) is 6.20 Å². The summed E-state index contributed by atoms with van der Waals surface area (Å²) in [5.74, 6) is -0.635. The smallest absolute Gasteiger partial charge is 0.261 e. The van der Waals surface area contributed by atoms with E-state index in [1.54, 1.807) is 25.1 Å². The molecule has 1 aliphatic rings. The highest BCUT2D eigenvalue weighted by Crippen LogP contribution is 2.18. The van der Waals surface area contributed by atoms with Gasteiger partial charge in [0.15, 0.2) is 0 Å². The second kappa shape index (κ2) is 5.40. The van der Waals surface area contributed by atoms with Crippen LogP contribution in [0.1, 0.15) is 5.56 Å². The second-order valence-electron chi connectivity index (χ2n) is 4.40. The number of allylic oxidation sites excluding steroid dienone is 1. The monoisotopic (exact) mass is 320 g/mol. The summed E-state index contributed by atoms with van der Waals surface area (Å²) < 4.78 is 0.963. The molecule has 1 saturated heterocycles. The van der Waals surface area contributed by atoms with Gasteiger partial charge in [0.25, 0.3) is 5.91 Å². The Morgan fingerprint density at radius 1 is 1.16 bits per heavy atom. The summed E-state index contributed by atoms with van der Waals surface area (Å²) in [6.07, 6.45) is 3.20. The van der Waals surface area contributed by atoms with Crippen molar-refractivity contribution in [3.05, 3.63) is 51.8 Å². The number of amides is 1. The molecule has 0 spiro atoms. The van der Waals surface area contributed by atoms with Crippen LogP contribution in [-0.4, -0.2) is 30.7 Å². The van der Waals surface area contributed by atoms with Crippen LogP contribution >= 0.6 is 15.9 Å². The normalized spacial score (nSPS) is 19.1. The number of rotatable bonds is 2. The van der Waals surface area contributed by atoms with Gasteiger partial charge in [0, 0.05) is 24.8 Å². The minimum Gasteiger partial charge on any atom is -0.383 e. The summed E-state index contributed by atoms with van der Waals surface area (Å²) in [6, 6.07) is 7.49. The van der Waals surface area contributed by atoms with Gasteiger partial charge in [-0.2, -0.15) is 0 Å². The van der Waals surface area contributed by atoms with Crippen molar-refractivity contribution in [2.45, 2.75) is 0 Å². The first-order valence-electron chi connectivity index (χ1n) is 5.69. The predicted octanol–water partition coefficient (Wildman–Crippen LogP) is 1.93. The molecule has 1 amide bonds. The zero-order valence-electron chi connectivity index (χ0n) is 10.6. The van der Waals surface area contributed by atoms with Crippen LogP contribution in [0.25, 0.3) is 6.08 Å². The van der Waals surface area contributed by atoms with Crippen molar-refractivity contribution in [1.29, 1.82) is 0 Å². The molecule has 0 unspecified atom stereocenters. The van der Waals surface area contributed by atoms with Crippen molar-refractivity contribution in [3.63, 3.8) is 0 Å². The maximum Gasteiger partial charge on any atom is 0.261 e. The Morgan fingerprint density at radius 3 is 2.37 bits per heavy atom. The lowest BCUT2D eigenvalue weighted by molar-refractivity contribution is -0.117. The van der Waals surface area contributed by atoms with Gasteiger partial charge in [-0.3, -0.25) is 9.59 Å². The maximum atomic E-state index is 12.1. The molecule has 19 heavy (non-hydrogen) atoms. The number of ketones is 1. The Labute approximate surface area is 119 Å². The lowest BCUT2D eigenvalue weighted by atomic mass is 10.1. The van der Waals surface area contributed by atoms with Crippen LogP contribution in [0, 0.1) is 0 Å². The molecular formula is C14H13BrN2O2. The van der Waals surface area contributed by atoms with E-state index in [1.807, 2.05) is 24.3 Å². The Balaban J connectivity index is 2.31. The van der Waals surface area contributed by atoms with Crippen molar-refractivity contribution in [2.75, 3.05) is 14.1 Å². The van der Waals surface area contributed by atoms with Gasteiger partial charge >= 0.3 is 0 Å². The lowest BCUT2D eigenvalue weighted by Gasteiger charge is -2.03. The summed E-state index contributed by atoms with van der Waals surface area (Å²) >= 11 is 3.34. The van der Waals surface area contributed by atoms with E-state index >= 15 is 0 Å². The molecule has 0 atom stereocenters. The van der Waals surface area contributed by atoms with Crippen molar-refractivity contribution in [1.82, 2.24) is 10.2 Å². The number of carbonyl (C=O) groups is 2. The summed E-state index contributed by atoms with van der Waals surface area (Å²) in [6.45, 7) is 0. The molecule has 0 aromatic heterocycles. The topological polar surface area (TPSA) is 49.4 Å². The fraction of sp³-hybridized carbons (Fsp3) is 0.143. The summed E-state index contributed by atoms with van der Waals surface area (Å²) in [5.41, 5.74) is 1.33. The van der Waals surface area contributed by atoms with Gasteiger partial charge in [-0.25, -0.2) is 0 Å². The Bertz CT molecular complexity index is 586. The highest BCUT2D eigenvalue weighted by Gasteiger charge is 2.31. The molecule has 1 aliphatic heterocycles. The first-order valence-corrected chi connectivity index (χ1v) is 6.48. The summed E-state index contributed by atoms with van der Waals surface area (Å²) in [7, 11) is 3.54. The van der Waals surface area contributed by atoms with Gasteiger partial charge < -0.3 is 10.2 Å². The number of nitrogens with one attached hydrogen (secondary N) is 1. The minimum absolute atomic E-state index is 0.161. The number of hydrogen-bond acceptors (Lipinski definition) is 3. The van der Waals surface area contributed by atoms with Crippen molar-refractivity contribution >= 4 is 33.7 Å². The molecule has 1 aromatic carbocycles. The molecule has 4 nitrogen and oxygen atoms in total. The molecule has 2 rings (SSSR count). The first kappa shape index (κ1) is 13.5. The highest BCUT2D eigenvalue weighted by molar-refractivity contribution is 9.10. The van der Waals surface area contributed by atoms with Crippen LogP contribution in [0.3, 0.4) is 0 Å². The van der Waals surface area contributed by atoms with Gasteiger partial charge in [-0.15, -0.1) is 0 Å². The van der Waals surface area contributed by atoms with E-state index in [2.05, 4.69) is 21.2 Å². The Hall–Kier alpha value is -1.88. The summed E-state index contributed by atoms with van der Waals surface area (Å²) in [4.78, 5) is 25.4. The van der Waals surface area contributed by atoms with Gasteiger partial charge in [0.2, 0.25) is 5.78 Å². The number of Topliss-reactive ketones (excluding diaryl/α,β-unsaturated/α-hetero) is 1. The zero-order chi connectivity index (χ0) is 14.0. The molecule has 0 saturated carbocycles. The number of halogens is 1. The Kier molecular flexibility index (Phi) is 3.85. The van der Waals surface area contributed by atoms with Gasteiger partial charge in [-0.1, -0.05) is 28.1 Å². The third kappa shape index (κ3) is 3.12. The standard InChI is InChI=1S/C14H13BrN2O2/c1-17(2)8-11-13(18)12(16-14(11)19)7-9-3-5-10(15)6-4-9/h3-8H,1-2H3,(H,16,19)/b11-8-,12-7-. The SMILES string of the molecule is CN(C)/C=C1\C(=O)N/C(=C\c2ccc(Br)cc2)C1=O. The quantitative estimate of drug-likeness (QED) is 0.669. The van der Waals surface area contributed by atoms with E-state index in [0.717, 1.165) is 10.0 Å². The average molecular weight is 321 g/mol. The molecule has 0 aliphatic carbocycles. The third-order valence-electron chi connectivity index (χ3n) is 2.55. The molecule has 0 radical (unpaired) electrons. The molecule has 1 aromatic rings. The molecule has 1 fully saturated rings. The largest absolute Gasteiger partial charge is 0.383 e. The minimum atomic E-state index is -0.359. The molecule has 1 heterocycles. The van der Waals surface area contributed by atoms with E-state index in [4.69, 9.17) is 0 Å². The average Bonchev–Trinajstić information content (AvgIpc) is 2.60. The predicted molar refractivity (Wildman–Crippen MR) is 77.0 cm³/mol. The zero-order valence-corrected chi connectivity index (χ0v) is 12.2. The van der Waals surface area contributed by atoms with E-state index < -0.39 is 0 Å². The maximum absolute atomic E-state index is 12.1. The number of carbonyl (C=O) groups excluding carboxylic acids is 2. The molecular weight excluding hydrogens is 308 g/mol. The number of nitrogens with zero attached hydrogens (tertiary/aromatic N) is 1. The van der Waals surface area contributed by atoms with Crippen LogP contribution in [0.4, 0.5) is 0 Å². The fourth-order valence-electron chi connectivity index (χ4n) is 1.70. The first-order chi connectivity index (χ1) is 8.97. The summed E-state index contributed by atoms with van der Waals surface area (Å²) in [5, 5.41) is 2.59. The van der Waals surface area contributed by atoms with Gasteiger partial charge in [0.05, 0.1) is 5.70 Å². The highest BCUT2D eigenvalue weighted by atomic mass is 79.9. The third-order valence-corrected chi connectivity index (χ3v) is 3.08. The van der Waals surface area contributed by atoms with E-state index in [0.29, 0.717) is 5.70 Å². The van der Waals surface area contributed by atoms with Crippen LogP contribution in [0.2, 0.25) is 0 Å². The molecule has 1 N–H and O–H groups in total. The van der Waals surface area contributed by atoms with Crippen LogP contribution in [-0.2, 0) is 9.59 Å². The fourth-order valence-corrected chi connectivity index (χ4v) is 1.96. The molecule has 0 bridgehead atoms. The van der Waals surface area contributed by atoms with Gasteiger partial charge in [0.1, 0.15) is 5.57 Å². The van der Waals surface area contributed by atoms with E-state index in [9.17, 15) is 9.59 Å². The Morgan fingerprint density at radius 2 is 1.79 bits per heavy atom. The van der Waals surface area contributed by atoms with E-state index in [-0.39, 0.29) is 17.3 Å². The van der Waals surface area contributed by atoms with Crippen LogP contribution < -0.4 is 5.32 Å². The molecule has 5 heteroatoms. The number of hydrogen-bond donors (Lipinski definition) is 1. The lowest BCUT2D eigenvalue weighted by Crippen LogP contribution is -2.14. The van der Waals surface area contributed by atoms with Crippen molar-refractivity contribution < 1.29 is 9.59 Å². The number of benzene rings is 1. The van der Waals surface area contributed by atoms with Crippen LogP contribution in [0.15, 0.2) is 46.2 Å². The van der Waals surface area contributed by atoms with Crippen LogP contribution in [0.5, 0.6) is 0 Å².